The first-order valence-electron chi connectivity index (χ1n) is 6.18. The van der Waals surface area contributed by atoms with Crippen molar-refractivity contribution in [2.45, 2.75) is 32.7 Å². The average Bonchev–Trinajstić information content (AvgIpc) is 2.37. The first-order chi connectivity index (χ1) is 8.24. The maximum Gasteiger partial charge on any atom is 0.186 e. The highest BCUT2D eigenvalue weighted by molar-refractivity contribution is 5.42. The molecule has 1 saturated heterocycles. The predicted octanol–water partition coefficient (Wildman–Crippen LogP) is 1.50. The van der Waals surface area contributed by atoms with E-state index in [4.69, 9.17) is 0 Å². The topological polar surface area (TPSA) is 41.1 Å². The van der Waals surface area contributed by atoms with Crippen molar-refractivity contribution >= 4 is 5.82 Å². The molecule has 94 valence electrons. The molecule has 17 heavy (non-hydrogen) atoms. The molecule has 1 atom stereocenters. The van der Waals surface area contributed by atoms with Gasteiger partial charge < -0.3 is 10.2 Å². The zero-order valence-corrected chi connectivity index (χ0v) is 10.4. The molecular formula is C12H19FN4. The fraction of sp³-hybridized carbons (Fsp3) is 0.667. The third-order valence-corrected chi connectivity index (χ3v) is 3.27. The molecule has 1 aromatic rings. The summed E-state index contributed by atoms with van der Waals surface area (Å²) in [7, 11) is 0. The third-order valence-electron chi connectivity index (χ3n) is 3.27. The van der Waals surface area contributed by atoms with Crippen LogP contribution in [-0.4, -0.2) is 35.6 Å². The van der Waals surface area contributed by atoms with E-state index >= 15 is 0 Å². The van der Waals surface area contributed by atoms with E-state index in [1.165, 1.54) is 6.33 Å². The van der Waals surface area contributed by atoms with E-state index in [0.717, 1.165) is 32.5 Å². The van der Waals surface area contributed by atoms with Crippen LogP contribution in [0.15, 0.2) is 6.33 Å². The minimum absolute atomic E-state index is 0.292. The number of halogens is 1. The third kappa shape index (κ3) is 2.54. The molecule has 0 spiro atoms. The lowest BCUT2D eigenvalue weighted by Gasteiger charge is -2.34. The maximum atomic E-state index is 14.0. The summed E-state index contributed by atoms with van der Waals surface area (Å²) in [6, 6.07) is 0.331. The zero-order chi connectivity index (χ0) is 12.3. The molecule has 1 fully saturated rings. The van der Waals surface area contributed by atoms with Crippen molar-refractivity contribution in [2.24, 2.45) is 0 Å². The van der Waals surface area contributed by atoms with Crippen LogP contribution in [0.1, 0.15) is 25.5 Å². The number of piperidine rings is 1. The van der Waals surface area contributed by atoms with E-state index < -0.39 is 0 Å². The number of hydrogen-bond donors (Lipinski definition) is 1. The summed E-state index contributed by atoms with van der Waals surface area (Å²) in [6.07, 6.45) is 3.66. The highest BCUT2D eigenvalue weighted by atomic mass is 19.1. The second-order valence-corrected chi connectivity index (χ2v) is 4.38. The van der Waals surface area contributed by atoms with Crippen LogP contribution < -0.4 is 10.2 Å². The minimum atomic E-state index is -0.292. The molecule has 0 aliphatic carbocycles. The number of nitrogens with one attached hydrogen (secondary N) is 1. The Morgan fingerprint density at radius 2 is 2.35 bits per heavy atom. The van der Waals surface area contributed by atoms with Gasteiger partial charge in [-0.05, 0) is 33.2 Å². The van der Waals surface area contributed by atoms with Gasteiger partial charge in [0.15, 0.2) is 11.6 Å². The van der Waals surface area contributed by atoms with Gasteiger partial charge in [0, 0.05) is 19.1 Å². The van der Waals surface area contributed by atoms with Crippen molar-refractivity contribution in [3.8, 4) is 0 Å². The van der Waals surface area contributed by atoms with Crippen molar-refractivity contribution in [1.29, 1.82) is 0 Å². The predicted molar refractivity (Wildman–Crippen MR) is 65.6 cm³/mol. The quantitative estimate of drug-likeness (QED) is 0.866. The number of likely N-dealkylation sites (N-methyl/N-ethyl adjacent to an activating group) is 1. The van der Waals surface area contributed by atoms with E-state index in [9.17, 15) is 4.39 Å². The van der Waals surface area contributed by atoms with Gasteiger partial charge in [-0.2, -0.15) is 0 Å². The molecule has 0 amide bonds. The smallest absolute Gasteiger partial charge is 0.186 e. The molecular weight excluding hydrogens is 219 g/mol. The van der Waals surface area contributed by atoms with Gasteiger partial charge in [-0.1, -0.05) is 0 Å². The first-order valence-corrected chi connectivity index (χ1v) is 6.18. The second kappa shape index (κ2) is 5.40. The lowest BCUT2D eigenvalue weighted by atomic mass is 10.1. The fourth-order valence-corrected chi connectivity index (χ4v) is 2.33. The molecule has 2 rings (SSSR count). The first kappa shape index (κ1) is 12.2. The van der Waals surface area contributed by atoms with Gasteiger partial charge in [-0.3, -0.25) is 0 Å². The Hall–Kier alpha value is -1.23. The summed E-state index contributed by atoms with van der Waals surface area (Å²) in [6.45, 7) is 6.42. The largest absolute Gasteiger partial charge is 0.350 e. The molecule has 1 aromatic heterocycles. The van der Waals surface area contributed by atoms with Gasteiger partial charge in [-0.15, -0.1) is 0 Å². The monoisotopic (exact) mass is 238 g/mol. The van der Waals surface area contributed by atoms with E-state index in [0.29, 0.717) is 17.6 Å². The van der Waals surface area contributed by atoms with Crippen molar-refractivity contribution in [1.82, 2.24) is 15.3 Å². The minimum Gasteiger partial charge on any atom is -0.350 e. The normalized spacial score (nSPS) is 20.3. The van der Waals surface area contributed by atoms with Crippen LogP contribution in [0.25, 0.3) is 0 Å². The SMILES string of the molecule is CCN(c1ncnc(C)c1F)C1CCCNC1. The van der Waals surface area contributed by atoms with Gasteiger partial charge in [0.05, 0.1) is 5.69 Å². The molecule has 0 saturated carbocycles. The summed E-state index contributed by atoms with van der Waals surface area (Å²) in [4.78, 5) is 10.0. The summed E-state index contributed by atoms with van der Waals surface area (Å²) in [5.74, 6) is 0.147. The number of nitrogens with zero attached hydrogens (tertiary/aromatic N) is 3. The van der Waals surface area contributed by atoms with Crippen LogP contribution in [0.2, 0.25) is 0 Å². The average molecular weight is 238 g/mol. The van der Waals surface area contributed by atoms with E-state index in [2.05, 4.69) is 15.3 Å². The van der Waals surface area contributed by atoms with E-state index in [-0.39, 0.29) is 5.82 Å². The van der Waals surface area contributed by atoms with Crippen LogP contribution >= 0.6 is 0 Å². The molecule has 4 nitrogen and oxygen atoms in total. The molecule has 2 heterocycles. The maximum absolute atomic E-state index is 14.0. The summed E-state index contributed by atoms with van der Waals surface area (Å²) < 4.78 is 14.0. The number of anilines is 1. The lowest BCUT2D eigenvalue weighted by Crippen LogP contribution is -2.46. The Morgan fingerprint density at radius 3 is 3.00 bits per heavy atom. The number of aromatic nitrogens is 2. The molecule has 0 radical (unpaired) electrons. The van der Waals surface area contributed by atoms with Crippen molar-refractivity contribution in [3.63, 3.8) is 0 Å². The second-order valence-electron chi connectivity index (χ2n) is 4.38. The van der Waals surface area contributed by atoms with Crippen LogP contribution in [0.4, 0.5) is 10.2 Å². The summed E-state index contributed by atoms with van der Waals surface area (Å²) in [5.41, 5.74) is 0.414. The highest BCUT2D eigenvalue weighted by Crippen LogP contribution is 2.22. The molecule has 0 bridgehead atoms. The number of hydrogen-bond acceptors (Lipinski definition) is 4. The Labute approximate surface area is 101 Å². The zero-order valence-electron chi connectivity index (χ0n) is 10.4. The Morgan fingerprint density at radius 1 is 1.53 bits per heavy atom. The fourth-order valence-electron chi connectivity index (χ4n) is 2.33. The van der Waals surface area contributed by atoms with Crippen molar-refractivity contribution < 1.29 is 4.39 Å². The van der Waals surface area contributed by atoms with Crippen LogP contribution in [-0.2, 0) is 0 Å². The number of rotatable bonds is 3. The van der Waals surface area contributed by atoms with Crippen LogP contribution in [0.5, 0.6) is 0 Å². The molecule has 1 aliphatic rings. The number of aryl methyl sites for hydroxylation is 1. The summed E-state index contributed by atoms with van der Waals surface area (Å²) >= 11 is 0. The highest BCUT2D eigenvalue weighted by Gasteiger charge is 2.23. The van der Waals surface area contributed by atoms with Gasteiger partial charge >= 0.3 is 0 Å². The Bertz CT molecular complexity index is 377. The van der Waals surface area contributed by atoms with Gasteiger partial charge in [0.1, 0.15) is 6.33 Å². The molecule has 5 heteroatoms. The van der Waals surface area contributed by atoms with Crippen molar-refractivity contribution in [2.75, 3.05) is 24.5 Å². The van der Waals surface area contributed by atoms with Crippen LogP contribution in [0, 0.1) is 12.7 Å². The van der Waals surface area contributed by atoms with Crippen LogP contribution in [0.3, 0.4) is 0 Å². The van der Waals surface area contributed by atoms with E-state index in [1.54, 1.807) is 6.92 Å². The summed E-state index contributed by atoms with van der Waals surface area (Å²) in [5, 5.41) is 3.35. The van der Waals surface area contributed by atoms with Gasteiger partial charge in [0.2, 0.25) is 0 Å². The van der Waals surface area contributed by atoms with Crippen molar-refractivity contribution in [3.05, 3.63) is 17.8 Å². The Balaban J connectivity index is 2.24. The molecule has 1 N–H and O–H groups in total. The van der Waals surface area contributed by atoms with Gasteiger partial charge in [0.25, 0.3) is 0 Å². The molecule has 1 unspecified atom stereocenters. The lowest BCUT2D eigenvalue weighted by molar-refractivity contribution is 0.428. The Kier molecular flexibility index (Phi) is 3.89. The molecule has 0 aromatic carbocycles. The molecule has 1 aliphatic heterocycles. The van der Waals surface area contributed by atoms with Gasteiger partial charge in [-0.25, -0.2) is 14.4 Å². The standard InChI is InChI=1S/C12H19FN4/c1-3-17(10-5-4-6-14-7-10)12-11(13)9(2)15-8-16-12/h8,10,14H,3-7H2,1-2H3. The van der Waals surface area contributed by atoms with E-state index in [1.807, 2.05) is 11.8 Å².